The predicted octanol–water partition coefficient (Wildman–Crippen LogP) is -10.1. The van der Waals surface area contributed by atoms with Crippen LogP contribution in [0.4, 0.5) is 0 Å². The molecule has 0 bridgehead atoms. The molecule has 18 radical (unpaired) electrons. The Morgan fingerprint density at radius 1 is 0.489 bits per heavy atom. The molecule has 7 saturated heterocycles. The van der Waals surface area contributed by atoms with Gasteiger partial charge in [0.15, 0.2) is 31.3 Å². The molecule has 1 spiro atoms. The van der Waals surface area contributed by atoms with Crippen molar-refractivity contribution >= 4 is 5.97 Å². The zero-order valence-corrected chi connectivity index (χ0v) is 135. The molecule has 32 nitrogen and oxygen atoms in total. The second-order valence-corrected chi connectivity index (χ2v) is 18.9. The fourth-order valence-corrected chi connectivity index (χ4v) is 9.75. The number of carbonyl (C=O) groups is 1. The van der Waals surface area contributed by atoms with Gasteiger partial charge < -0.3 is 155 Å². The molecule has 7 aliphatic rings. The Bertz CT molecular complexity index is 1880. The Morgan fingerprint density at radius 2 is 0.924 bits per heavy atom. The third kappa shape index (κ3) is 38.3. The van der Waals surface area contributed by atoms with Crippen LogP contribution < -0.4 is 0 Å². The van der Waals surface area contributed by atoms with E-state index in [-0.39, 0.29) is 800 Å². The summed E-state index contributed by atoms with van der Waals surface area (Å²) < 4.78 is 76.1. The third-order valence-corrected chi connectivity index (χ3v) is 14.0. The van der Waals surface area contributed by atoms with Crippen molar-refractivity contribution in [3.63, 3.8) is 0 Å². The fourth-order valence-electron chi connectivity index (χ4n) is 9.75. The van der Waals surface area contributed by atoms with E-state index < -0.39 is 235 Å². The molecule has 0 aliphatic carbocycles. The molecule has 0 amide bonds. The topological polar surface area (TPSA) is 508 Å². The van der Waals surface area contributed by atoms with Crippen LogP contribution in [-0.4, -0.2) is 317 Å². The van der Waals surface area contributed by atoms with Gasteiger partial charge in [-0.25, -0.2) is 4.79 Å². The summed E-state index contributed by atoms with van der Waals surface area (Å²) in [5.74, 6) is -4.31. The number of hydrogen-bond acceptors (Lipinski definition) is 30. The van der Waals surface area contributed by atoms with Crippen LogP contribution in [0.3, 0.4) is 0 Å². The van der Waals surface area contributed by atoms with Crippen molar-refractivity contribution in [1.29, 1.82) is 0 Å². The monoisotopic (exact) mass is 5170 g/mol. The van der Waals surface area contributed by atoms with Crippen molar-refractivity contribution in [2.24, 2.45) is 0 Å². The van der Waals surface area contributed by atoms with Crippen molar-refractivity contribution < 1.29 is 941 Å². The summed E-state index contributed by atoms with van der Waals surface area (Å²) in [5.41, 5.74) is 17.8. The molecular formula is C42H68Ac18N2O30-2. The largest absolute Gasteiger partial charge is 0.670 e. The number of nitrogens with one attached hydrogen (secondary N) is 2. The van der Waals surface area contributed by atoms with Crippen molar-refractivity contribution in [3.8, 4) is 0 Å². The Hall–Kier alpha value is 24.0. The molecule has 7 fully saturated rings. The van der Waals surface area contributed by atoms with Crippen LogP contribution >= 0.6 is 0 Å². The molecule has 7 aliphatic heterocycles. The molecule has 0 saturated carbocycles. The van der Waals surface area contributed by atoms with Gasteiger partial charge in [0.2, 0.25) is 0 Å². The average molecular weight is 5170 g/mol. The zero-order valence-electron chi connectivity index (χ0n) is 49.8. The number of aliphatic hydroxyl groups excluding tert-OH is 16. The first-order valence-corrected chi connectivity index (χ1v) is 23.7. The summed E-state index contributed by atoms with van der Waals surface area (Å²) in [5, 5.41) is 171. The smallest absolute Gasteiger partial charge is 0.367 e. The molecule has 18 N–H and O–H groups in total. The van der Waals surface area contributed by atoms with E-state index >= 15 is 0 Å². The minimum absolute atomic E-state index is 0. The molecule has 7 heterocycles. The average Bonchev–Trinajstić information content (AvgIpc) is 3.38. The molecule has 31 atom stereocenters. The molecule has 7 rings (SSSR count). The van der Waals surface area contributed by atoms with Crippen LogP contribution in [0, 0.1) is 793 Å². The van der Waals surface area contributed by atoms with E-state index in [0.29, 0.717) is 0 Å². The second-order valence-electron chi connectivity index (χ2n) is 18.9. The van der Waals surface area contributed by atoms with Crippen LogP contribution in [-0.2, 0) is 66.4 Å². The van der Waals surface area contributed by atoms with Crippen LogP contribution in [0.1, 0.15) is 13.3 Å². The summed E-state index contributed by atoms with van der Waals surface area (Å²) in [4.78, 5) is 14.2. The van der Waals surface area contributed by atoms with Gasteiger partial charge in [0.1, 0.15) is 116 Å². The van der Waals surface area contributed by atoms with E-state index in [0.717, 1.165) is 0 Å². The van der Waals surface area contributed by atoms with Gasteiger partial charge in [0.05, 0.1) is 58.0 Å². The van der Waals surface area contributed by atoms with Gasteiger partial charge in [0.25, 0.3) is 5.79 Å². The number of ether oxygens (including phenoxy) is 13. The maximum Gasteiger partial charge on any atom is 0.367 e. The Morgan fingerprint density at radius 3 is 1.43 bits per heavy atom. The first-order valence-electron chi connectivity index (χ1n) is 23.7. The summed E-state index contributed by atoms with van der Waals surface area (Å²) in [6.07, 6.45) is -51.5. The number of hydrogen-bond donors (Lipinski definition) is 16. The fraction of sp³-hybridized carbons (Fsp3) is 0.929. The number of aliphatic hydroxyl groups is 16. The van der Waals surface area contributed by atoms with Crippen LogP contribution in [0.2, 0.25) is 0 Å². The molecular weight excluding hydrogens is 5100 g/mol. The summed E-state index contributed by atoms with van der Waals surface area (Å²) in [7, 11) is 0. The minimum Gasteiger partial charge on any atom is -0.670 e. The normalized spacial score (nSPS) is 41.0. The first-order chi connectivity index (χ1) is 35.1. The van der Waals surface area contributed by atoms with Crippen molar-refractivity contribution in [1.82, 2.24) is 0 Å². The molecule has 12 unspecified atom stereocenters. The Kier molecular flexibility index (Phi) is 111. The number of carbonyl (C=O) groups excluding carboxylic acids is 1. The summed E-state index contributed by atoms with van der Waals surface area (Å²) >= 11 is 0. The van der Waals surface area contributed by atoms with Crippen molar-refractivity contribution in [2.45, 2.75) is 203 Å². The number of esters is 1. The van der Waals surface area contributed by atoms with Gasteiger partial charge >= 0.3 is 5.97 Å². The molecule has 0 aromatic carbocycles. The van der Waals surface area contributed by atoms with Crippen molar-refractivity contribution in [2.75, 3.05) is 39.6 Å². The van der Waals surface area contributed by atoms with E-state index in [9.17, 15) is 92.2 Å². The standard InChI is InChI=1S/C42H68N2O30.18Ac/c1-3-4-62-37-28(60)26(58)29(16(9-48)66-37)68-40-35-34(74-42(41(61)72-35)5-12(50)18(43)32(73-42)21(53)13(51)6-45)30(17(10-49)67-40)69-36-19(44)31(23(55)15(8-47)64-36)70-39-33(25(57)22(54)14(7-46)65-39)71-38-27(59)24(56)20(52)11(2)63-38;;;;;;;;;;;;;;;;;;/h3,11-40,43-60H,1,4-10H2,2H3;;;;;;;;;;;;;;;;;;/q-2;;;;;;;;;;;;;;;;;;/t11?,12?,13-,14?,15?,16?,17?,18?,19?,20+,21-,22+,23+,24-,25+,26-,27?,28?,29+,30+,31-,32-,33?,34+,35?,36+,37-,38+,39+,40+,42+;;;;;;;;;;;;;;;;;;/m1................../s1. The molecule has 0 aromatic heterocycles. The SMILES string of the molecule is C=CCO[C@@H]1OC(CO)[C@H](O[C@@H]2OC(CO)[C@H](O[C@@H]3OC(CO)[C@H](O)[C@H](O[C@@H]4OC(CO)[C@H](O)[C@H](O)C4O[C@@H]4OC(C)[C@H](O)[C@@H](O)C4O)C3[NH-])[C@@H]3O[C@@]4(CC(O)C([NH-])[C@H]([C@H](O)[C@H](O)CO)O4)C(=O)OC23)[C@H](O)C1O.[Ac].[Ac].[Ac].[Ac].[Ac].[Ac].[Ac].[Ac].[Ac].[Ac].[Ac].[Ac].[Ac].[Ac].[Ac].[Ac].[Ac].[Ac]. The van der Waals surface area contributed by atoms with Gasteiger partial charge in [0, 0.05) is 806 Å². The Balaban J connectivity index is -0.000000356. The summed E-state index contributed by atoms with van der Waals surface area (Å²) in [6, 6.07) is -3.83. The van der Waals surface area contributed by atoms with Gasteiger partial charge in [-0.05, 0) is 6.92 Å². The van der Waals surface area contributed by atoms with Gasteiger partial charge in [-0.15, -0.1) is 6.58 Å². The van der Waals surface area contributed by atoms with Crippen LogP contribution in [0.15, 0.2) is 12.7 Å². The van der Waals surface area contributed by atoms with Gasteiger partial charge in [-0.1, -0.05) is 18.2 Å². The van der Waals surface area contributed by atoms with E-state index in [1.807, 2.05) is 0 Å². The maximum atomic E-state index is 14.2. The zero-order chi connectivity index (χ0) is 54.2. The van der Waals surface area contributed by atoms with Crippen molar-refractivity contribution in [3.05, 3.63) is 24.1 Å². The maximum absolute atomic E-state index is 14.2. The van der Waals surface area contributed by atoms with Gasteiger partial charge in [-0.2, -0.15) is 0 Å². The number of fused-ring (bicyclic) bond motifs is 1. The van der Waals surface area contributed by atoms with Crippen LogP contribution in [0.5, 0.6) is 0 Å². The van der Waals surface area contributed by atoms with E-state index in [4.69, 9.17) is 67.3 Å². The quantitative estimate of drug-likeness (QED) is 0.0448. The van der Waals surface area contributed by atoms with Gasteiger partial charge in [-0.3, -0.25) is 0 Å². The third-order valence-electron chi connectivity index (χ3n) is 14.0. The first kappa shape index (κ1) is 142. The molecule has 0 aromatic rings. The molecule has 482 valence electrons. The number of rotatable bonds is 18. The molecule has 92 heavy (non-hydrogen) atoms. The van der Waals surface area contributed by atoms with E-state index in [2.05, 4.69) is 6.58 Å². The van der Waals surface area contributed by atoms with E-state index in [1.165, 1.54) is 13.0 Å². The minimum atomic E-state index is -2.83. The van der Waals surface area contributed by atoms with Crippen LogP contribution in [0.25, 0.3) is 11.5 Å². The van der Waals surface area contributed by atoms with E-state index in [1.54, 1.807) is 0 Å². The molecule has 50 heteroatoms. The summed E-state index contributed by atoms with van der Waals surface area (Å²) in [6.45, 7) is -0.354. The second kappa shape index (κ2) is 72.0. The Labute approximate surface area is 1180 Å². The predicted molar refractivity (Wildman–Crippen MR) is 229 cm³/mol.